The summed E-state index contributed by atoms with van der Waals surface area (Å²) in [6.07, 6.45) is 6.53. The third-order valence-electron chi connectivity index (χ3n) is 3.34. The van der Waals surface area contributed by atoms with Crippen LogP contribution >= 0.6 is 0 Å². The Hall–Kier alpha value is -2.23. The van der Waals surface area contributed by atoms with Crippen LogP contribution in [0, 0.1) is 18.3 Å². The predicted octanol–water partition coefficient (Wildman–Crippen LogP) is -0.0736. The Morgan fingerprint density at radius 1 is 1.38 bits per heavy atom. The number of hydrogen-bond acceptors (Lipinski definition) is 3. The number of carbonyl (C=O) groups is 3. The highest BCUT2D eigenvalue weighted by atomic mass is 16.4. The monoisotopic (exact) mass is 295 g/mol. The number of hydrogen-bond donors (Lipinski definition) is 1. The zero-order chi connectivity index (χ0) is 16.0. The first-order valence-electron chi connectivity index (χ1n) is 6.77. The largest absolute Gasteiger partial charge is 0.480 e. The van der Waals surface area contributed by atoms with E-state index in [0.29, 0.717) is 25.9 Å². The molecule has 1 saturated heterocycles. The van der Waals surface area contributed by atoms with Crippen molar-refractivity contribution in [2.75, 3.05) is 40.3 Å². The number of amides is 3. The van der Waals surface area contributed by atoms with Crippen molar-refractivity contribution in [3.8, 4) is 12.3 Å². The molecule has 7 nitrogen and oxygen atoms in total. The third-order valence-corrected chi connectivity index (χ3v) is 3.34. The van der Waals surface area contributed by atoms with Crippen molar-refractivity contribution in [2.45, 2.75) is 12.8 Å². The maximum atomic E-state index is 12.4. The zero-order valence-electron chi connectivity index (χ0n) is 12.4. The smallest absolute Gasteiger partial charge is 0.323 e. The summed E-state index contributed by atoms with van der Waals surface area (Å²) < 4.78 is 0. The number of carboxylic acids is 1. The van der Waals surface area contributed by atoms with E-state index in [1.807, 2.05) is 0 Å². The fourth-order valence-corrected chi connectivity index (χ4v) is 2.38. The second-order valence-electron chi connectivity index (χ2n) is 5.25. The summed E-state index contributed by atoms with van der Waals surface area (Å²) >= 11 is 0. The molecule has 1 unspecified atom stereocenters. The Morgan fingerprint density at radius 3 is 2.57 bits per heavy atom. The Labute approximate surface area is 124 Å². The molecular formula is C14H21N3O4. The molecule has 1 aliphatic rings. The number of piperidine rings is 1. The molecule has 7 heteroatoms. The molecule has 1 heterocycles. The van der Waals surface area contributed by atoms with E-state index in [0.717, 1.165) is 4.90 Å². The summed E-state index contributed by atoms with van der Waals surface area (Å²) in [4.78, 5) is 39.3. The van der Waals surface area contributed by atoms with Crippen molar-refractivity contribution >= 4 is 17.9 Å². The van der Waals surface area contributed by atoms with Gasteiger partial charge in [0, 0.05) is 27.2 Å². The van der Waals surface area contributed by atoms with E-state index < -0.39 is 18.4 Å². The highest BCUT2D eigenvalue weighted by Crippen LogP contribution is 2.19. The maximum Gasteiger partial charge on any atom is 0.323 e. The number of urea groups is 1. The van der Waals surface area contributed by atoms with Crippen LogP contribution in [0.25, 0.3) is 0 Å². The lowest BCUT2D eigenvalue weighted by Crippen LogP contribution is -2.50. The van der Waals surface area contributed by atoms with E-state index in [9.17, 15) is 14.4 Å². The predicted molar refractivity (Wildman–Crippen MR) is 76.4 cm³/mol. The highest BCUT2D eigenvalue weighted by Gasteiger charge is 2.32. The van der Waals surface area contributed by atoms with Crippen molar-refractivity contribution in [3.05, 3.63) is 0 Å². The molecule has 0 aromatic rings. The van der Waals surface area contributed by atoms with Gasteiger partial charge < -0.3 is 19.8 Å². The number of rotatable bonds is 4. The number of carbonyl (C=O) groups excluding carboxylic acids is 2. The molecular weight excluding hydrogens is 274 g/mol. The normalized spacial score (nSPS) is 17.8. The molecule has 1 fully saturated rings. The van der Waals surface area contributed by atoms with E-state index in [4.69, 9.17) is 11.5 Å². The van der Waals surface area contributed by atoms with Gasteiger partial charge in [-0.25, -0.2) is 4.79 Å². The van der Waals surface area contributed by atoms with Crippen LogP contribution in [0.4, 0.5) is 4.79 Å². The Morgan fingerprint density at radius 2 is 2.05 bits per heavy atom. The zero-order valence-corrected chi connectivity index (χ0v) is 12.4. The van der Waals surface area contributed by atoms with E-state index in [1.54, 1.807) is 19.0 Å². The minimum atomic E-state index is -1.10. The number of aliphatic carboxylic acids is 1. The van der Waals surface area contributed by atoms with Gasteiger partial charge in [0.15, 0.2) is 0 Å². The lowest BCUT2D eigenvalue weighted by molar-refractivity contribution is -0.146. The van der Waals surface area contributed by atoms with Gasteiger partial charge in [-0.15, -0.1) is 6.42 Å². The highest BCUT2D eigenvalue weighted by molar-refractivity contribution is 5.84. The SMILES string of the molecule is C#CCN(CC(=O)O)C(=O)C1CCCN(C(=O)N(C)C)C1. The summed E-state index contributed by atoms with van der Waals surface area (Å²) in [5.74, 6) is 0.504. The van der Waals surface area contributed by atoms with Gasteiger partial charge >= 0.3 is 12.0 Å². The summed E-state index contributed by atoms with van der Waals surface area (Å²) in [7, 11) is 3.31. The van der Waals surface area contributed by atoms with E-state index >= 15 is 0 Å². The minimum Gasteiger partial charge on any atom is -0.480 e. The van der Waals surface area contributed by atoms with E-state index in [2.05, 4.69) is 5.92 Å². The van der Waals surface area contributed by atoms with E-state index in [1.165, 1.54) is 4.90 Å². The standard InChI is InChI=1S/C14H21N3O4/c1-4-7-16(10-12(18)19)13(20)11-6-5-8-17(9-11)14(21)15(2)3/h1,11H,5-10H2,2-3H3,(H,18,19). The van der Waals surface area contributed by atoms with Crippen LogP contribution in [0.1, 0.15) is 12.8 Å². The molecule has 3 amide bonds. The van der Waals surface area contributed by atoms with Crippen LogP contribution in [0.2, 0.25) is 0 Å². The van der Waals surface area contributed by atoms with Crippen molar-refractivity contribution in [1.29, 1.82) is 0 Å². The van der Waals surface area contributed by atoms with Crippen LogP contribution in [0.5, 0.6) is 0 Å². The van der Waals surface area contributed by atoms with Gasteiger partial charge in [-0.3, -0.25) is 9.59 Å². The molecule has 116 valence electrons. The number of nitrogens with zero attached hydrogens (tertiary/aromatic N) is 3. The van der Waals surface area contributed by atoms with Crippen LogP contribution in [0.15, 0.2) is 0 Å². The topological polar surface area (TPSA) is 81.2 Å². The summed E-state index contributed by atoms with van der Waals surface area (Å²) in [5.41, 5.74) is 0. The Balaban J connectivity index is 2.73. The fraction of sp³-hybridized carbons (Fsp3) is 0.643. The molecule has 1 aliphatic heterocycles. The van der Waals surface area contributed by atoms with Gasteiger partial charge in [0.05, 0.1) is 12.5 Å². The summed E-state index contributed by atoms with van der Waals surface area (Å²) in [5, 5.41) is 8.84. The third kappa shape index (κ3) is 4.67. The molecule has 1 rings (SSSR count). The molecule has 0 aromatic heterocycles. The van der Waals surface area contributed by atoms with Gasteiger partial charge in [-0.2, -0.15) is 0 Å². The number of terminal acetylenes is 1. The molecule has 0 aromatic carbocycles. The van der Waals surface area contributed by atoms with Gasteiger partial charge in [0.2, 0.25) is 5.91 Å². The minimum absolute atomic E-state index is 0.0384. The second-order valence-corrected chi connectivity index (χ2v) is 5.25. The van der Waals surface area contributed by atoms with Crippen molar-refractivity contribution < 1.29 is 19.5 Å². The van der Waals surface area contributed by atoms with Crippen LogP contribution < -0.4 is 0 Å². The summed E-state index contributed by atoms with van der Waals surface area (Å²) in [6.45, 7) is 0.454. The first-order valence-corrected chi connectivity index (χ1v) is 6.77. The second kappa shape index (κ2) is 7.53. The quantitative estimate of drug-likeness (QED) is 0.736. The molecule has 21 heavy (non-hydrogen) atoms. The molecule has 0 aliphatic carbocycles. The fourth-order valence-electron chi connectivity index (χ4n) is 2.38. The number of carboxylic acid groups (broad SMARTS) is 1. The average molecular weight is 295 g/mol. The van der Waals surface area contributed by atoms with Crippen LogP contribution in [0.3, 0.4) is 0 Å². The van der Waals surface area contributed by atoms with Gasteiger partial charge in [-0.05, 0) is 12.8 Å². The van der Waals surface area contributed by atoms with Crippen LogP contribution in [-0.4, -0.2) is 78.0 Å². The van der Waals surface area contributed by atoms with Crippen molar-refractivity contribution in [2.24, 2.45) is 5.92 Å². The first-order chi connectivity index (χ1) is 9.86. The Bertz CT molecular complexity index is 456. The van der Waals surface area contributed by atoms with Gasteiger partial charge in [-0.1, -0.05) is 5.92 Å². The molecule has 0 spiro atoms. The first kappa shape index (κ1) is 16.8. The van der Waals surface area contributed by atoms with Gasteiger partial charge in [0.25, 0.3) is 0 Å². The average Bonchev–Trinajstić information content (AvgIpc) is 2.44. The van der Waals surface area contributed by atoms with Crippen LogP contribution in [-0.2, 0) is 9.59 Å². The van der Waals surface area contributed by atoms with Crippen molar-refractivity contribution in [1.82, 2.24) is 14.7 Å². The Kier molecular flexibility index (Phi) is 6.03. The summed E-state index contributed by atoms with van der Waals surface area (Å²) in [6, 6.07) is -0.144. The molecule has 1 atom stereocenters. The van der Waals surface area contributed by atoms with Crippen molar-refractivity contribution in [3.63, 3.8) is 0 Å². The molecule has 0 saturated carbocycles. The molecule has 0 radical (unpaired) electrons. The van der Waals surface area contributed by atoms with E-state index in [-0.39, 0.29) is 18.5 Å². The number of likely N-dealkylation sites (tertiary alicyclic amines) is 1. The lowest BCUT2D eigenvalue weighted by Gasteiger charge is -2.35. The molecule has 0 bridgehead atoms. The maximum absolute atomic E-state index is 12.4. The lowest BCUT2D eigenvalue weighted by atomic mass is 9.96. The van der Waals surface area contributed by atoms with Gasteiger partial charge in [0.1, 0.15) is 6.54 Å². The molecule has 1 N–H and O–H groups in total.